The van der Waals surface area contributed by atoms with Gasteiger partial charge in [-0.05, 0) is 12.8 Å². The topological polar surface area (TPSA) is 122 Å². The number of nitrogens with two attached hydrogens (primary N) is 1. The molecule has 2 amide bonds. The number of aliphatic carboxylic acids is 1. The summed E-state index contributed by atoms with van der Waals surface area (Å²) in [7, 11) is 0. The van der Waals surface area contributed by atoms with Crippen LogP contribution in [0.2, 0.25) is 0 Å². The second-order valence-electron chi connectivity index (χ2n) is 4.20. The van der Waals surface area contributed by atoms with Crippen LogP contribution in [-0.2, 0) is 14.4 Å². The number of hydrogen-bond acceptors (Lipinski definition) is 4. The molecule has 5 N–H and O–H groups in total. The van der Waals surface area contributed by atoms with E-state index in [0.717, 1.165) is 0 Å². The van der Waals surface area contributed by atoms with Gasteiger partial charge in [0.25, 0.3) is 0 Å². The molecule has 0 rings (SSSR count). The van der Waals surface area contributed by atoms with Gasteiger partial charge in [0.15, 0.2) is 0 Å². The van der Waals surface area contributed by atoms with Gasteiger partial charge in [-0.1, -0.05) is 20.3 Å². The van der Waals surface area contributed by atoms with E-state index in [-0.39, 0.29) is 12.5 Å². The van der Waals surface area contributed by atoms with Gasteiger partial charge < -0.3 is 21.5 Å². The minimum atomic E-state index is -1.13. The van der Waals surface area contributed by atoms with E-state index in [9.17, 15) is 14.4 Å². The van der Waals surface area contributed by atoms with Crippen molar-refractivity contribution >= 4 is 17.8 Å². The van der Waals surface area contributed by atoms with Crippen molar-refractivity contribution in [2.45, 2.75) is 39.3 Å². The van der Waals surface area contributed by atoms with Crippen molar-refractivity contribution in [1.82, 2.24) is 10.6 Å². The molecule has 3 atom stereocenters. The Balaban J connectivity index is 4.69. The summed E-state index contributed by atoms with van der Waals surface area (Å²) in [6, 6.07) is -1.77. The van der Waals surface area contributed by atoms with Crippen molar-refractivity contribution < 1.29 is 19.5 Å². The highest BCUT2D eigenvalue weighted by atomic mass is 16.4. The van der Waals surface area contributed by atoms with Gasteiger partial charge in [-0.15, -0.1) is 0 Å². The highest BCUT2D eigenvalue weighted by Crippen LogP contribution is 2.08. The maximum absolute atomic E-state index is 11.9. The Hall–Kier alpha value is -1.63. The zero-order valence-corrected chi connectivity index (χ0v) is 10.9. The first kappa shape index (κ1) is 16.4. The Bertz CT molecular complexity index is 319. The van der Waals surface area contributed by atoms with Gasteiger partial charge in [0.05, 0.1) is 6.54 Å². The van der Waals surface area contributed by atoms with Crippen molar-refractivity contribution in [3.8, 4) is 0 Å². The standard InChI is InChI=1S/C11H21N3O4/c1-4-6(2)9(14-8(15)5-12)10(16)13-7(3)11(17)18/h6-7,9H,4-5,12H2,1-3H3,(H,13,16)(H,14,15)(H,17,18). The van der Waals surface area contributed by atoms with Crippen LogP contribution in [0.4, 0.5) is 0 Å². The second-order valence-corrected chi connectivity index (χ2v) is 4.20. The van der Waals surface area contributed by atoms with Crippen molar-refractivity contribution in [3.63, 3.8) is 0 Å². The van der Waals surface area contributed by atoms with Crippen LogP contribution in [0, 0.1) is 5.92 Å². The monoisotopic (exact) mass is 259 g/mol. The van der Waals surface area contributed by atoms with E-state index in [1.165, 1.54) is 6.92 Å². The Kier molecular flexibility index (Phi) is 6.96. The molecule has 0 fully saturated rings. The van der Waals surface area contributed by atoms with Crippen LogP contribution in [0.5, 0.6) is 0 Å². The lowest BCUT2D eigenvalue weighted by Crippen LogP contribution is -2.54. The molecule has 0 aliphatic heterocycles. The van der Waals surface area contributed by atoms with E-state index in [1.54, 1.807) is 6.92 Å². The largest absolute Gasteiger partial charge is 0.480 e. The van der Waals surface area contributed by atoms with Gasteiger partial charge in [-0.25, -0.2) is 0 Å². The number of amides is 2. The molecule has 0 saturated heterocycles. The molecule has 7 heteroatoms. The van der Waals surface area contributed by atoms with E-state index in [4.69, 9.17) is 10.8 Å². The van der Waals surface area contributed by atoms with Gasteiger partial charge in [0.1, 0.15) is 12.1 Å². The number of nitrogens with one attached hydrogen (secondary N) is 2. The summed E-state index contributed by atoms with van der Waals surface area (Å²) in [5.74, 6) is -2.20. The number of carbonyl (C=O) groups is 3. The predicted octanol–water partition coefficient (Wildman–Crippen LogP) is -0.935. The van der Waals surface area contributed by atoms with E-state index in [0.29, 0.717) is 6.42 Å². The minimum absolute atomic E-state index is 0.110. The number of hydrogen-bond donors (Lipinski definition) is 4. The molecule has 0 bridgehead atoms. The predicted molar refractivity (Wildman–Crippen MR) is 65.7 cm³/mol. The van der Waals surface area contributed by atoms with Gasteiger partial charge in [0.2, 0.25) is 11.8 Å². The van der Waals surface area contributed by atoms with Crippen LogP contribution >= 0.6 is 0 Å². The highest BCUT2D eigenvalue weighted by Gasteiger charge is 2.27. The summed E-state index contributed by atoms with van der Waals surface area (Å²) in [4.78, 5) is 33.8. The van der Waals surface area contributed by atoms with Crippen molar-refractivity contribution in [2.24, 2.45) is 11.7 Å². The Morgan fingerprint density at radius 2 is 1.78 bits per heavy atom. The van der Waals surface area contributed by atoms with E-state index < -0.39 is 29.9 Å². The molecule has 0 aromatic heterocycles. The molecular formula is C11H21N3O4. The Morgan fingerprint density at radius 3 is 2.17 bits per heavy atom. The lowest BCUT2D eigenvalue weighted by molar-refractivity contribution is -0.142. The Morgan fingerprint density at radius 1 is 1.22 bits per heavy atom. The van der Waals surface area contributed by atoms with E-state index >= 15 is 0 Å². The first-order valence-electron chi connectivity index (χ1n) is 5.86. The lowest BCUT2D eigenvalue weighted by Gasteiger charge is -2.24. The molecule has 0 aromatic carbocycles. The fourth-order valence-electron chi connectivity index (χ4n) is 1.30. The summed E-state index contributed by atoms with van der Waals surface area (Å²) < 4.78 is 0. The quantitative estimate of drug-likeness (QED) is 0.470. The molecule has 0 aliphatic rings. The van der Waals surface area contributed by atoms with Crippen molar-refractivity contribution in [1.29, 1.82) is 0 Å². The molecule has 7 nitrogen and oxygen atoms in total. The number of carbonyl (C=O) groups excluding carboxylic acids is 2. The zero-order chi connectivity index (χ0) is 14.3. The first-order valence-corrected chi connectivity index (χ1v) is 5.86. The van der Waals surface area contributed by atoms with Crippen molar-refractivity contribution in [3.05, 3.63) is 0 Å². The van der Waals surface area contributed by atoms with Crippen LogP contribution < -0.4 is 16.4 Å². The molecule has 0 radical (unpaired) electrons. The SMILES string of the molecule is CCC(C)C(NC(=O)CN)C(=O)NC(C)C(=O)O. The number of carboxylic acid groups (broad SMARTS) is 1. The van der Waals surface area contributed by atoms with Gasteiger partial charge in [0, 0.05) is 0 Å². The fraction of sp³-hybridized carbons (Fsp3) is 0.727. The van der Waals surface area contributed by atoms with Crippen LogP contribution in [0.15, 0.2) is 0 Å². The third-order valence-electron chi connectivity index (χ3n) is 2.73. The molecular weight excluding hydrogens is 238 g/mol. The molecule has 0 spiro atoms. The van der Waals surface area contributed by atoms with Crippen LogP contribution in [0.1, 0.15) is 27.2 Å². The van der Waals surface area contributed by atoms with Gasteiger partial charge in [-0.2, -0.15) is 0 Å². The summed E-state index contributed by atoms with van der Waals surface area (Å²) in [6.45, 7) is 4.82. The third kappa shape index (κ3) is 5.13. The average molecular weight is 259 g/mol. The van der Waals surface area contributed by atoms with Crippen LogP contribution in [0.25, 0.3) is 0 Å². The summed E-state index contributed by atoms with van der Waals surface area (Å²) >= 11 is 0. The fourth-order valence-corrected chi connectivity index (χ4v) is 1.30. The second kappa shape index (κ2) is 7.65. The Labute approximate surface area is 106 Å². The van der Waals surface area contributed by atoms with E-state index in [1.807, 2.05) is 6.92 Å². The summed E-state index contributed by atoms with van der Waals surface area (Å²) in [5.41, 5.74) is 5.17. The molecule has 18 heavy (non-hydrogen) atoms. The maximum Gasteiger partial charge on any atom is 0.325 e. The van der Waals surface area contributed by atoms with Crippen molar-refractivity contribution in [2.75, 3.05) is 6.54 Å². The summed E-state index contributed by atoms with van der Waals surface area (Å²) in [6.07, 6.45) is 0.671. The normalized spacial score (nSPS) is 15.3. The molecule has 0 saturated carbocycles. The van der Waals surface area contributed by atoms with Gasteiger partial charge >= 0.3 is 5.97 Å². The smallest absolute Gasteiger partial charge is 0.325 e. The summed E-state index contributed by atoms with van der Waals surface area (Å²) in [5, 5.41) is 13.5. The molecule has 0 heterocycles. The average Bonchev–Trinajstić information content (AvgIpc) is 2.33. The molecule has 104 valence electrons. The molecule has 0 aromatic rings. The number of rotatable bonds is 7. The molecule has 3 unspecified atom stereocenters. The third-order valence-corrected chi connectivity index (χ3v) is 2.73. The first-order chi connectivity index (χ1) is 8.33. The van der Waals surface area contributed by atoms with Crippen LogP contribution in [0.3, 0.4) is 0 Å². The molecule has 0 aliphatic carbocycles. The maximum atomic E-state index is 11.9. The minimum Gasteiger partial charge on any atom is -0.480 e. The lowest BCUT2D eigenvalue weighted by atomic mass is 9.98. The van der Waals surface area contributed by atoms with E-state index in [2.05, 4.69) is 10.6 Å². The number of carboxylic acids is 1. The zero-order valence-electron chi connectivity index (χ0n) is 10.9. The van der Waals surface area contributed by atoms with Crippen LogP contribution in [-0.4, -0.2) is 41.5 Å². The highest BCUT2D eigenvalue weighted by molar-refractivity contribution is 5.90. The van der Waals surface area contributed by atoms with Gasteiger partial charge in [-0.3, -0.25) is 14.4 Å².